The smallest absolute Gasteiger partial charge is 0.236 e. The van der Waals surface area contributed by atoms with Crippen LogP contribution in [0.25, 0.3) is 11.4 Å². The number of aromatic nitrogens is 5. The van der Waals surface area contributed by atoms with Gasteiger partial charge in [0.2, 0.25) is 11.9 Å². The van der Waals surface area contributed by atoms with Crippen molar-refractivity contribution >= 4 is 28.9 Å². The SMILES string of the molecule is C=C1Nc2nc(-c3cccnc3)nn2C(c2cccs2)C1C(=O)Nc1cccnc1. The molecule has 148 valence electrons. The Balaban J connectivity index is 1.56. The first-order valence-electron chi connectivity index (χ1n) is 9.28. The number of anilines is 2. The maximum atomic E-state index is 13.3. The van der Waals surface area contributed by atoms with Crippen molar-refractivity contribution in [1.29, 1.82) is 0 Å². The van der Waals surface area contributed by atoms with E-state index in [-0.39, 0.29) is 11.9 Å². The molecule has 0 aliphatic carbocycles. The Morgan fingerprint density at radius 1 is 1.13 bits per heavy atom. The van der Waals surface area contributed by atoms with Gasteiger partial charge in [-0.05, 0) is 35.7 Å². The molecule has 9 heteroatoms. The van der Waals surface area contributed by atoms with Crippen LogP contribution < -0.4 is 10.6 Å². The molecule has 0 fully saturated rings. The second kappa shape index (κ2) is 7.53. The van der Waals surface area contributed by atoms with E-state index in [1.54, 1.807) is 52.9 Å². The molecule has 5 heterocycles. The van der Waals surface area contributed by atoms with E-state index in [2.05, 4.69) is 32.2 Å². The minimum Gasteiger partial charge on any atom is -0.328 e. The molecule has 0 saturated carbocycles. The van der Waals surface area contributed by atoms with Crippen LogP contribution in [0.1, 0.15) is 10.9 Å². The number of carbonyl (C=O) groups excluding carboxylic acids is 1. The number of carbonyl (C=O) groups is 1. The van der Waals surface area contributed by atoms with Gasteiger partial charge in [-0.3, -0.25) is 14.8 Å². The van der Waals surface area contributed by atoms with Gasteiger partial charge < -0.3 is 10.6 Å². The Morgan fingerprint density at radius 3 is 2.67 bits per heavy atom. The lowest BCUT2D eigenvalue weighted by Gasteiger charge is -2.32. The average molecular weight is 415 g/mol. The highest BCUT2D eigenvalue weighted by Gasteiger charge is 2.40. The summed E-state index contributed by atoms with van der Waals surface area (Å²) in [5.74, 6) is 0.304. The Labute approximate surface area is 176 Å². The molecule has 1 aliphatic rings. The zero-order valence-corrected chi connectivity index (χ0v) is 16.6. The molecule has 1 aliphatic heterocycles. The third kappa shape index (κ3) is 3.25. The summed E-state index contributed by atoms with van der Waals surface area (Å²) in [6.45, 7) is 4.12. The summed E-state index contributed by atoms with van der Waals surface area (Å²) in [5, 5.41) is 12.8. The molecule has 4 aromatic rings. The number of hydrogen-bond acceptors (Lipinski definition) is 7. The maximum Gasteiger partial charge on any atom is 0.236 e. The van der Waals surface area contributed by atoms with Gasteiger partial charge in [0.05, 0.1) is 11.9 Å². The van der Waals surface area contributed by atoms with Crippen LogP contribution in [0.5, 0.6) is 0 Å². The molecule has 2 atom stereocenters. The lowest BCUT2D eigenvalue weighted by molar-refractivity contribution is -0.119. The van der Waals surface area contributed by atoms with Crippen molar-refractivity contribution in [3.63, 3.8) is 0 Å². The first-order chi connectivity index (χ1) is 14.7. The van der Waals surface area contributed by atoms with Gasteiger partial charge in [-0.25, -0.2) is 4.68 Å². The van der Waals surface area contributed by atoms with Gasteiger partial charge in [0.1, 0.15) is 12.0 Å². The summed E-state index contributed by atoms with van der Waals surface area (Å²) in [6, 6.07) is 10.9. The van der Waals surface area contributed by atoms with Crippen molar-refractivity contribution in [2.45, 2.75) is 6.04 Å². The Hall–Kier alpha value is -3.85. The van der Waals surface area contributed by atoms with Gasteiger partial charge in [0, 0.05) is 34.7 Å². The fourth-order valence-corrected chi connectivity index (χ4v) is 4.32. The topological polar surface area (TPSA) is 97.6 Å². The molecular weight excluding hydrogens is 398 g/mol. The van der Waals surface area contributed by atoms with Crippen LogP contribution >= 0.6 is 11.3 Å². The second-order valence-corrected chi connectivity index (χ2v) is 7.74. The lowest BCUT2D eigenvalue weighted by atomic mass is 9.92. The molecule has 0 saturated heterocycles. The lowest BCUT2D eigenvalue weighted by Crippen LogP contribution is -2.39. The number of rotatable bonds is 4. The number of amides is 1. The largest absolute Gasteiger partial charge is 0.328 e. The minimum absolute atomic E-state index is 0.192. The molecule has 30 heavy (non-hydrogen) atoms. The van der Waals surface area contributed by atoms with Crippen LogP contribution in [0, 0.1) is 5.92 Å². The molecule has 8 nitrogen and oxygen atoms in total. The monoisotopic (exact) mass is 415 g/mol. The van der Waals surface area contributed by atoms with E-state index in [0.717, 1.165) is 10.4 Å². The van der Waals surface area contributed by atoms with Crippen LogP contribution in [0.2, 0.25) is 0 Å². The average Bonchev–Trinajstić information content (AvgIpc) is 3.44. The van der Waals surface area contributed by atoms with E-state index in [9.17, 15) is 4.79 Å². The van der Waals surface area contributed by atoms with Crippen LogP contribution in [0.4, 0.5) is 11.6 Å². The molecule has 2 N–H and O–H groups in total. The standard InChI is InChI=1S/C21H17N7OS/c1-13-17(20(29)25-15-6-3-9-23-12-15)18(16-7-4-10-30-16)28-21(24-13)26-19(27-28)14-5-2-8-22-11-14/h2-12,17-18H,1H2,(H,25,29)(H,24,26,27). The third-order valence-electron chi connectivity index (χ3n) is 4.82. The fraction of sp³-hybridized carbons (Fsp3) is 0.0952. The number of nitrogens with one attached hydrogen (secondary N) is 2. The van der Waals surface area contributed by atoms with Crippen LogP contribution in [0.3, 0.4) is 0 Å². The summed E-state index contributed by atoms with van der Waals surface area (Å²) >= 11 is 1.57. The number of hydrogen-bond donors (Lipinski definition) is 2. The molecule has 0 radical (unpaired) electrons. The zero-order valence-electron chi connectivity index (χ0n) is 15.8. The number of pyridine rings is 2. The first-order valence-corrected chi connectivity index (χ1v) is 10.2. The molecule has 0 bridgehead atoms. The molecular formula is C21H17N7OS. The summed E-state index contributed by atoms with van der Waals surface area (Å²) in [6.07, 6.45) is 6.68. The summed E-state index contributed by atoms with van der Waals surface area (Å²) in [7, 11) is 0. The highest BCUT2D eigenvalue weighted by molar-refractivity contribution is 7.10. The van der Waals surface area contributed by atoms with Crippen molar-refractivity contribution in [1.82, 2.24) is 24.7 Å². The van der Waals surface area contributed by atoms with Gasteiger partial charge in [0.25, 0.3) is 0 Å². The molecule has 4 aromatic heterocycles. The summed E-state index contributed by atoms with van der Waals surface area (Å²) in [5.41, 5.74) is 1.99. The second-order valence-electron chi connectivity index (χ2n) is 6.76. The van der Waals surface area contributed by atoms with E-state index in [1.165, 1.54) is 0 Å². The first kappa shape index (κ1) is 18.2. The fourth-order valence-electron chi connectivity index (χ4n) is 3.48. The van der Waals surface area contributed by atoms with E-state index >= 15 is 0 Å². The third-order valence-corrected chi connectivity index (χ3v) is 5.77. The number of thiophene rings is 1. The van der Waals surface area contributed by atoms with Crippen molar-refractivity contribution < 1.29 is 4.79 Å². The highest BCUT2D eigenvalue weighted by atomic mass is 32.1. The van der Waals surface area contributed by atoms with Crippen LogP contribution in [0.15, 0.2) is 78.8 Å². The maximum absolute atomic E-state index is 13.3. The highest BCUT2D eigenvalue weighted by Crippen LogP contribution is 2.40. The Kier molecular flexibility index (Phi) is 4.56. The molecule has 1 amide bonds. The number of fused-ring (bicyclic) bond motifs is 1. The molecule has 5 rings (SSSR count). The van der Waals surface area contributed by atoms with Gasteiger partial charge in [-0.15, -0.1) is 16.4 Å². The van der Waals surface area contributed by atoms with E-state index in [1.807, 2.05) is 29.6 Å². The van der Waals surface area contributed by atoms with Gasteiger partial charge in [-0.2, -0.15) is 4.98 Å². The van der Waals surface area contributed by atoms with Gasteiger partial charge >= 0.3 is 0 Å². The number of nitrogens with zero attached hydrogens (tertiary/aromatic N) is 5. The summed E-state index contributed by atoms with van der Waals surface area (Å²) < 4.78 is 1.76. The van der Waals surface area contributed by atoms with Crippen molar-refractivity contribution in [2.75, 3.05) is 10.6 Å². The normalized spacial score (nSPS) is 17.8. The molecule has 0 aromatic carbocycles. The Morgan fingerprint density at radius 2 is 1.97 bits per heavy atom. The van der Waals surface area contributed by atoms with Gasteiger partial charge in [-0.1, -0.05) is 12.6 Å². The molecule has 0 spiro atoms. The predicted octanol–water partition coefficient (Wildman–Crippen LogP) is 3.58. The van der Waals surface area contributed by atoms with Crippen molar-refractivity contribution in [3.8, 4) is 11.4 Å². The van der Waals surface area contributed by atoms with E-state index in [4.69, 9.17) is 5.10 Å². The van der Waals surface area contributed by atoms with Crippen LogP contribution in [-0.4, -0.2) is 30.6 Å². The van der Waals surface area contributed by atoms with Gasteiger partial charge in [0.15, 0.2) is 5.82 Å². The Bertz CT molecular complexity index is 1190. The quantitative estimate of drug-likeness (QED) is 0.529. The summed E-state index contributed by atoms with van der Waals surface area (Å²) in [4.78, 5) is 27.1. The minimum atomic E-state index is -0.584. The van der Waals surface area contributed by atoms with E-state index in [0.29, 0.717) is 23.2 Å². The van der Waals surface area contributed by atoms with E-state index < -0.39 is 5.92 Å². The van der Waals surface area contributed by atoms with Crippen LogP contribution in [-0.2, 0) is 4.79 Å². The molecule has 2 unspecified atom stereocenters. The van der Waals surface area contributed by atoms with Crippen molar-refractivity contribution in [3.05, 3.63) is 83.7 Å². The van der Waals surface area contributed by atoms with Crippen molar-refractivity contribution in [2.24, 2.45) is 5.92 Å². The predicted molar refractivity (Wildman–Crippen MR) is 115 cm³/mol. The zero-order chi connectivity index (χ0) is 20.5.